The van der Waals surface area contributed by atoms with Crippen molar-refractivity contribution < 1.29 is 13.9 Å². The standard InChI is InChI=1S/C9H14N2O3S/c1-6(15(13)14)7-2-3-9(11-4-7)8(10)5-12/h2-4,6,8,12H,5,10H2,1H3,(H,13,14). The molecule has 0 bridgehead atoms. The van der Waals surface area contributed by atoms with Crippen molar-refractivity contribution >= 4 is 11.1 Å². The fourth-order valence-corrected chi connectivity index (χ4v) is 1.46. The summed E-state index contributed by atoms with van der Waals surface area (Å²) in [4.78, 5) is 4.02. The lowest BCUT2D eigenvalue weighted by Gasteiger charge is -2.10. The Morgan fingerprint density at radius 2 is 2.27 bits per heavy atom. The molecule has 0 aromatic carbocycles. The lowest BCUT2D eigenvalue weighted by molar-refractivity contribution is 0.266. The molecule has 1 rings (SSSR count). The summed E-state index contributed by atoms with van der Waals surface area (Å²) in [6.45, 7) is 1.46. The fourth-order valence-electron chi connectivity index (χ4n) is 1.09. The summed E-state index contributed by atoms with van der Waals surface area (Å²) in [7, 11) is 0. The number of hydrogen-bond acceptors (Lipinski definition) is 4. The van der Waals surface area contributed by atoms with Crippen LogP contribution in [0.25, 0.3) is 0 Å². The lowest BCUT2D eigenvalue weighted by Crippen LogP contribution is -2.16. The number of aliphatic hydroxyl groups is 1. The second kappa shape index (κ2) is 5.32. The van der Waals surface area contributed by atoms with Crippen molar-refractivity contribution in [2.75, 3.05) is 6.61 Å². The lowest BCUT2D eigenvalue weighted by atomic mass is 10.1. The highest BCUT2D eigenvalue weighted by Gasteiger charge is 2.12. The second-order valence-electron chi connectivity index (χ2n) is 3.22. The number of pyridine rings is 1. The molecule has 1 aromatic heterocycles. The van der Waals surface area contributed by atoms with E-state index in [-0.39, 0.29) is 6.61 Å². The molecule has 0 saturated carbocycles. The molecular formula is C9H14N2O3S. The Kier molecular flexibility index (Phi) is 4.34. The van der Waals surface area contributed by atoms with E-state index in [0.717, 1.165) is 0 Å². The molecule has 1 heterocycles. The van der Waals surface area contributed by atoms with Crippen molar-refractivity contribution in [1.82, 2.24) is 4.98 Å². The van der Waals surface area contributed by atoms with Crippen LogP contribution in [0.3, 0.4) is 0 Å². The maximum atomic E-state index is 10.8. The van der Waals surface area contributed by atoms with Crippen molar-refractivity contribution in [3.63, 3.8) is 0 Å². The van der Waals surface area contributed by atoms with Gasteiger partial charge in [0.2, 0.25) is 0 Å². The first-order valence-electron chi connectivity index (χ1n) is 4.48. The summed E-state index contributed by atoms with van der Waals surface area (Å²) in [6.07, 6.45) is 1.50. The van der Waals surface area contributed by atoms with Gasteiger partial charge in [0.05, 0.1) is 23.6 Å². The van der Waals surface area contributed by atoms with E-state index in [1.807, 2.05) is 0 Å². The molecule has 0 amide bonds. The van der Waals surface area contributed by atoms with Crippen LogP contribution in [0.5, 0.6) is 0 Å². The zero-order valence-corrected chi connectivity index (χ0v) is 9.15. The molecule has 0 aliphatic heterocycles. The fraction of sp³-hybridized carbons (Fsp3) is 0.444. The molecule has 84 valence electrons. The van der Waals surface area contributed by atoms with Gasteiger partial charge in [0.25, 0.3) is 0 Å². The topological polar surface area (TPSA) is 96.4 Å². The Morgan fingerprint density at radius 1 is 1.60 bits per heavy atom. The third-order valence-corrected chi connectivity index (χ3v) is 3.03. The average molecular weight is 230 g/mol. The van der Waals surface area contributed by atoms with Gasteiger partial charge < -0.3 is 15.4 Å². The van der Waals surface area contributed by atoms with Crippen LogP contribution in [0, 0.1) is 0 Å². The molecule has 15 heavy (non-hydrogen) atoms. The number of nitrogens with two attached hydrogens (primary N) is 1. The van der Waals surface area contributed by atoms with E-state index in [1.165, 1.54) is 6.20 Å². The van der Waals surface area contributed by atoms with E-state index in [9.17, 15) is 4.21 Å². The molecule has 0 aliphatic rings. The number of rotatable bonds is 4. The maximum absolute atomic E-state index is 10.8. The predicted molar refractivity (Wildman–Crippen MR) is 57.4 cm³/mol. The maximum Gasteiger partial charge on any atom is 0.160 e. The minimum Gasteiger partial charge on any atom is -0.394 e. The molecule has 3 atom stereocenters. The van der Waals surface area contributed by atoms with E-state index in [4.69, 9.17) is 15.4 Å². The molecular weight excluding hydrogens is 216 g/mol. The van der Waals surface area contributed by atoms with Crippen molar-refractivity contribution in [2.24, 2.45) is 5.73 Å². The van der Waals surface area contributed by atoms with Gasteiger partial charge in [-0.3, -0.25) is 4.98 Å². The molecule has 0 radical (unpaired) electrons. The van der Waals surface area contributed by atoms with Crippen LogP contribution >= 0.6 is 0 Å². The zero-order chi connectivity index (χ0) is 11.4. The van der Waals surface area contributed by atoms with E-state index in [2.05, 4.69) is 4.98 Å². The van der Waals surface area contributed by atoms with Crippen molar-refractivity contribution in [1.29, 1.82) is 0 Å². The SMILES string of the molecule is CC(c1ccc(C(N)CO)nc1)S(=O)O. The summed E-state index contributed by atoms with van der Waals surface area (Å²) in [5.41, 5.74) is 6.80. The summed E-state index contributed by atoms with van der Waals surface area (Å²) in [5.74, 6) is 0. The van der Waals surface area contributed by atoms with Crippen molar-refractivity contribution in [3.8, 4) is 0 Å². The summed E-state index contributed by atoms with van der Waals surface area (Å²) in [6, 6.07) is 2.84. The van der Waals surface area contributed by atoms with Crippen LogP contribution in [-0.4, -0.2) is 25.5 Å². The van der Waals surface area contributed by atoms with Crippen LogP contribution in [-0.2, 0) is 11.1 Å². The van der Waals surface area contributed by atoms with Gasteiger partial charge >= 0.3 is 0 Å². The molecule has 3 unspecified atom stereocenters. The third kappa shape index (κ3) is 3.07. The van der Waals surface area contributed by atoms with Gasteiger partial charge in [0, 0.05) is 6.20 Å². The summed E-state index contributed by atoms with van der Waals surface area (Å²) in [5, 5.41) is 8.33. The molecule has 5 nitrogen and oxygen atoms in total. The van der Waals surface area contributed by atoms with E-state index in [0.29, 0.717) is 11.3 Å². The van der Waals surface area contributed by atoms with Gasteiger partial charge in [-0.2, -0.15) is 0 Å². The smallest absolute Gasteiger partial charge is 0.160 e. The third-order valence-electron chi connectivity index (χ3n) is 2.16. The van der Waals surface area contributed by atoms with Crippen molar-refractivity contribution in [3.05, 3.63) is 29.6 Å². The number of aromatic nitrogens is 1. The zero-order valence-electron chi connectivity index (χ0n) is 8.33. The van der Waals surface area contributed by atoms with E-state index in [1.54, 1.807) is 19.1 Å². The number of hydrogen-bond donors (Lipinski definition) is 3. The van der Waals surface area contributed by atoms with Crippen LogP contribution in [0.4, 0.5) is 0 Å². The Hall–Kier alpha value is -0.820. The average Bonchev–Trinajstić information content (AvgIpc) is 2.27. The van der Waals surface area contributed by atoms with E-state index >= 15 is 0 Å². The molecule has 0 fully saturated rings. The van der Waals surface area contributed by atoms with E-state index < -0.39 is 22.4 Å². The number of aliphatic hydroxyl groups excluding tert-OH is 1. The normalized spacial score (nSPS) is 17.1. The Labute approximate surface area is 90.6 Å². The molecule has 6 heteroatoms. The summed E-state index contributed by atoms with van der Waals surface area (Å²) < 4.78 is 19.7. The predicted octanol–water partition coefficient (Wildman–Crippen LogP) is 0.356. The molecule has 4 N–H and O–H groups in total. The van der Waals surface area contributed by atoms with Crippen molar-refractivity contribution in [2.45, 2.75) is 18.2 Å². The highest BCUT2D eigenvalue weighted by Crippen LogP contribution is 2.18. The van der Waals surface area contributed by atoms with Crippen LogP contribution < -0.4 is 5.73 Å². The highest BCUT2D eigenvalue weighted by molar-refractivity contribution is 7.79. The first-order valence-corrected chi connectivity index (χ1v) is 5.65. The van der Waals surface area contributed by atoms with Gasteiger partial charge in [-0.15, -0.1) is 0 Å². The highest BCUT2D eigenvalue weighted by atomic mass is 32.2. The first kappa shape index (κ1) is 12.3. The van der Waals surface area contributed by atoms with Gasteiger partial charge in [-0.25, -0.2) is 4.21 Å². The summed E-state index contributed by atoms with van der Waals surface area (Å²) >= 11 is -1.90. The Balaban J connectivity index is 2.85. The molecule has 0 spiro atoms. The minimum atomic E-state index is -1.90. The second-order valence-corrected chi connectivity index (χ2v) is 4.48. The largest absolute Gasteiger partial charge is 0.394 e. The van der Waals surface area contributed by atoms with Crippen LogP contribution in [0.15, 0.2) is 18.3 Å². The van der Waals surface area contributed by atoms with Crippen LogP contribution in [0.2, 0.25) is 0 Å². The number of nitrogens with zero attached hydrogens (tertiary/aromatic N) is 1. The Morgan fingerprint density at radius 3 is 2.67 bits per heavy atom. The van der Waals surface area contributed by atoms with Crippen LogP contribution in [0.1, 0.15) is 29.5 Å². The van der Waals surface area contributed by atoms with Gasteiger partial charge in [0.15, 0.2) is 11.1 Å². The monoisotopic (exact) mass is 230 g/mol. The van der Waals surface area contributed by atoms with Gasteiger partial charge in [0.1, 0.15) is 0 Å². The molecule has 0 aliphatic carbocycles. The Bertz CT molecular complexity index is 342. The molecule has 1 aromatic rings. The quantitative estimate of drug-likeness (QED) is 0.649. The minimum absolute atomic E-state index is 0.173. The molecule has 0 saturated heterocycles. The van der Waals surface area contributed by atoms with Gasteiger partial charge in [-0.1, -0.05) is 6.07 Å². The van der Waals surface area contributed by atoms with Gasteiger partial charge in [-0.05, 0) is 18.6 Å². The first-order chi connectivity index (χ1) is 7.06.